The molecule has 0 spiro atoms. The normalized spacial score (nSPS) is 14.7. The van der Waals surface area contributed by atoms with E-state index in [4.69, 9.17) is 6.42 Å². The number of rotatable bonds is 0. The Bertz CT molecular complexity index is 761. The smallest absolute Gasteiger partial charge is 0.0143 e. The molecule has 31 heavy (non-hydrogen) atoms. The molecule has 0 amide bonds. The van der Waals surface area contributed by atoms with Gasteiger partial charge in [0.1, 0.15) is 0 Å². The van der Waals surface area contributed by atoms with Crippen molar-refractivity contribution in [3.05, 3.63) is 69.8 Å². The molecular formula is C31H50. The van der Waals surface area contributed by atoms with Crippen molar-refractivity contribution >= 4 is 0 Å². The lowest BCUT2D eigenvalue weighted by molar-refractivity contribution is 0.379. The fourth-order valence-electron chi connectivity index (χ4n) is 3.43. The molecule has 0 saturated heterocycles. The van der Waals surface area contributed by atoms with Gasteiger partial charge in [-0.2, -0.15) is 0 Å². The predicted molar refractivity (Wildman–Crippen MR) is 144 cm³/mol. The summed E-state index contributed by atoms with van der Waals surface area (Å²) in [4.78, 5) is 0. The highest BCUT2D eigenvalue weighted by Gasteiger charge is 2.35. The first-order chi connectivity index (χ1) is 14.5. The van der Waals surface area contributed by atoms with E-state index in [1.165, 1.54) is 28.7 Å². The van der Waals surface area contributed by atoms with E-state index in [2.05, 4.69) is 90.8 Å². The van der Waals surface area contributed by atoms with E-state index in [-0.39, 0.29) is 0 Å². The van der Waals surface area contributed by atoms with Gasteiger partial charge in [-0.05, 0) is 73.3 Å². The average molecular weight is 423 g/mol. The molecule has 1 atom stereocenters. The van der Waals surface area contributed by atoms with Crippen molar-refractivity contribution in [3.8, 4) is 12.3 Å². The molecule has 0 nitrogen and oxygen atoms in total. The third kappa shape index (κ3) is 10.2. The average Bonchev–Trinajstić information content (AvgIpc) is 2.98. The molecule has 0 N–H and O–H groups in total. The molecule has 0 aromatic heterocycles. The van der Waals surface area contributed by atoms with Gasteiger partial charge in [0.05, 0.1) is 0 Å². The summed E-state index contributed by atoms with van der Waals surface area (Å²) in [7, 11) is 0. The van der Waals surface area contributed by atoms with E-state index in [9.17, 15) is 0 Å². The number of aryl methyl sites for hydroxylation is 3. The van der Waals surface area contributed by atoms with Crippen LogP contribution in [0.5, 0.6) is 0 Å². The van der Waals surface area contributed by atoms with Crippen LogP contribution in [-0.2, 0) is 11.8 Å². The number of hydrogen-bond donors (Lipinski definition) is 0. The third-order valence-electron chi connectivity index (χ3n) is 5.87. The highest BCUT2D eigenvalue weighted by Crippen LogP contribution is 2.42. The van der Waals surface area contributed by atoms with Gasteiger partial charge in [-0.1, -0.05) is 104 Å². The van der Waals surface area contributed by atoms with Crippen LogP contribution in [0.4, 0.5) is 0 Å². The molecule has 2 aromatic carbocycles. The van der Waals surface area contributed by atoms with Crippen LogP contribution in [0.15, 0.2) is 36.4 Å². The second kappa shape index (κ2) is 15.8. The van der Waals surface area contributed by atoms with Crippen molar-refractivity contribution in [2.75, 3.05) is 0 Å². The molecule has 1 aliphatic rings. The molecular weight excluding hydrogens is 372 g/mol. The minimum atomic E-state index is 0.386. The first-order valence-corrected chi connectivity index (χ1v) is 12.1. The van der Waals surface area contributed by atoms with E-state index in [0.717, 1.165) is 5.92 Å². The second-order valence-electron chi connectivity index (χ2n) is 8.83. The van der Waals surface area contributed by atoms with Gasteiger partial charge in [0.25, 0.3) is 0 Å². The summed E-state index contributed by atoms with van der Waals surface area (Å²) in [6.07, 6.45) is 6.17. The molecule has 0 heterocycles. The van der Waals surface area contributed by atoms with Gasteiger partial charge in [0.15, 0.2) is 0 Å². The van der Waals surface area contributed by atoms with Crippen molar-refractivity contribution in [1.82, 2.24) is 0 Å². The van der Waals surface area contributed by atoms with Crippen molar-refractivity contribution in [2.24, 2.45) is 11.8 Å². The Labute approximate surface area is 195 Å². The minimum Gasteiger partial charge on any atom is -0.120 e. The molecule has 2 aromatic rings. The molecule has 0 aliphatic heterocycles. The zero-order valence-electron chi connectivity index (χ0n) is 22.9. The Morgan fingerprint density at radius 2 is 1.32 bits per heavy atom. The van der Waals surface area contributed by atoms with Crippen LogP contribution in [0, 0.1) is 51.9 Å². The molecule has 0 bridgehead atoms. The van der Waals surface area contributed by atoms with Crippen LogP contribution < -0.4 is 0 Å². The van der Waals surface area contributed by atoms with Crippen LogP contribution >= 0.6 is 0 Å². The lowest BCUT2D eigenvalue weighted by Crippen LogP contribution is -2.21. The Morgan fingerprint density at radius 3 is 1.71 bits per heavy atom. The summed E-state index contributed by atoms with van der Waals surface area (Å²) < 4.78 is 0. The predicted octanol–water partition coefficient (Wildman–Crippen LogP) is 9.40. The van der Waals surface area contributed by atoms with Gasteiger partial charge in [0.2, 0.25) is 0 Å². The quantitative estimate of drug-likeness (QED) is 0.371. The number of benzene rings is 2. The summed E-state index contributed by atoms with van der Waals surface area (Å²) in [6.45, 7) is 27.7. The zero-order chi connectivity index (χ0) is 24.8. The second-order valence-corrected chi connectivity index (χ2v) is 8.83. The fourth-order valence-corrected chi connectivity index (χ4v) is 3.43. The number of terminal acetylenes is 1. The van der Waals surface area contributed by atoms with Crippen LogP contribution in [0.1, 0.15) is 95.7 Å². The van der Waals surface area contributed by atoms with Crippen molar-refractivity contribution in [2.45, 2.75) is 102 Å². The molecule has 3 rings (SSSR count). The van der Waals surface area contributed by atoms with Gasteiger partial charge in [-0.3, -0.25) is 0 Å². The van der Waals surface area contributed by atoms with E-state index < -0.39 is 0 Å². The summed E-state index contributed by atoms with van der Waals surface area (Å²) in [5, 5.41) is 0. The number of hydrogen-bond acceptors (Lipinski definition) is 0. The molecule has 0 heteroatoms. The first kappa shape index (κ1) is 31.2. The van der Waals surface area contributed by atoms with Crippen LogP contribution in [0.25, 0.3) is 0 Å². The third-order valence-corrected chi connectivity index (χ3v) is 5.87. The monoisotopic (exact) mass is 422 g/mol. The highest BCUT2D eigenvalue weighted by molar-refractivity contribution is 5.39. The fraction of sp³-hybridized carbons (Fsp3) is 0.548. The summed E-state index contributed by atoms with van der Waals surface area (Å²) in [5.41, 5.74) is 9.07. The lowest BCUT2D eigenvalue weighted by Gasteiger charge is -2.24. The maximum absolute atomic E-state index is 4.92. The standard InChI is InChI=1S/C12H16.C10H14.C5H8.2C2H6/c1-9-8-10-6-4-5-7-11(10)12(9,2)3;1-7-5-8(2)10(4)9(3)6-7;1-4-5(2)3;2*1-2/h4-7,9H,8H2,1-3H3;5-6H,1-4H3;1,5H,2-3H3;2*1-2H3. The molecule has 0 saturated carbocycles. The van der Waals surface area contributed by atoms with Gasteiger partial charge < -0.3 is 0 Å². The summed E-state index contributed by atoms with van der Waals surface area (Å²) in [6, 6.07) is 13.3. The molecule has 174 valence electrons. The van der Waals surface area contributed by atoms with Gasteiger partial charge >= 0.3 is 0 Å². The van der Waals surface area contributed by atoms with Crippen molar-refractivity contribution in [1.29, 1.82) is 0 Å². The van der Waals surface area contributed by atoms with E-state index >= 15 is 0 Å². The Morgan fingerprint density at radius 1 is 0.903 bits per heavy atom. The lowest BCUT2D eigenvalue weighted by atomic mass is 9.80. The molecule has 0 radical (unpaired) electrons. The molecule has 1 unspecified atom stereocenters. The largest absolute Gasteiger partial charge is 0.120 e. The Kier molecular flexibility index (Phi) is 15.8. The van der Waals surface area contributed by atoms with E-state index in [1.807, 2.05) is 41.5 Å². The van der Waals surface area contributed by atoms with E-state index in [1.54, 1.807) is 11.1 Å². The topological polar surface area (TPSA) is 0 Å². The SMILES string of the molecule is C#CC(C)C.CC.CC.CC1Cc2ccccc2C1(C)C.Cc1cc(C)c(C)c(C)c1. The van der Waals surface area contributed by atoms with Crippen LogP contribution in [-0.4, -0.2) is 0 Å². The minimum absolute atomic E-state index is 0.386. The molecule has 1 aliphatic carbocycles. The van der Waals surface area contributed by atoms with Crippen molar-refractivity contribution in [3.63, 3.8) is 0 Å². The van der Waals surface area contributed by atoms with Gasteiger partial charge in [0, 0.05) is 5.92 Å². The Hall–Kier alpha value is -2.00. The van der Waals surface area contributed by atoms with Crippen LogP contribution in [0.3, 0.4) is 0 Å². The maximum Gasteiger partial charge on any atom is 0.0143 e. The Balaban J connectivity index is 0. The van der Waals surface area contributed by atoms with Crippen LogP contribution in [0.2, 0.25) is 0 Å². The summed E-state index contributed by atoms with van der Waals surface area (Å²) >= 11 is 0. The molecule has 0 fully saturated rings. The number of fused-ring (bicyclic) bond motifs is 1. The zero-order valence-corrected chi connectivity index (χ0v) is 22.9. The first-order valence-electron chi connectivity index (χ1n) is 12.1. The maximum atomic E-state index is 4.92. The van der Waals surface area contributed by atoms with Gasteiger partial charge in [-0.15, -0.1) is 12.3 Å². The van der Waals surface area contributed by atoms with E-state index in [0.29, 0.717) is 11.3 Å². The highest BCUT2D eigenvalue weighted by atomic mass is 14.4. The van der Waals surface area contributed by atoms with Crippen molar-refractivity contribution < 1.29 is 0 Å². The van der Waals surface area contributed by atoms with Gasteiger partial charge in [-0.25, -0.2) is 0 Å². The summed E-state index contributed by atoms with van der Waals surface area (Å²) in [5.74, 6) is 3.73.